The molecular weight excluding hydrogens is 260 g/mol. The van der Waals surface area contributed by atoms with Gasteiger partial charge in [-0.15, -0.1) is 0 Å². The van der Waals surface area contributed by atoms with E-state index in [1.165, 1.54) is 5.69 Å². The van der Waals surface area contributed by atoms with Crippen molar-refractivity contribution in [3.8, 4) is 0 Å². The molecule has 0 spiro atoms. The molecular formula is C15H19ClN2O. The summed E-state index contributed by atoms with van der Waals surface area (Å²) in [5.41, 5.74) is 1.19. The van der Waals surface area contributed by atoms with Crippen LogP contribution in [0.1, 0.15) is 19.3 Å². The minimum absolute atomic E-state index is 0.196. The van der Waals surface area contributed by atoms with Crippen molar-refractivity contribution in [1.82, 2.24) is 4.90 Å². The minimum Gasteiger partial charge on any atom is -0.369 e. The third-order valence-electron chi connectivity index (χ3n) is 4.20. The first-order valence-corrected chi connectivity index (χ1v) is 7.39. The SMILES string of the molecule is O=C1CCCC1N1CCN(c2cccc(Cl)c2)CC1. The molecule has 2 fully saturated rings. The number of Topliss-reactive ketones (excluding diaryl/α,β-unsaturated/α-hetero) is 1. The van der Waals surface area contributed by atoms with E-state index in [9.17, 15) is 4.79 Å². The van der Waals surface area contributed by atoms with Crippen LogP contribution in [-0.2, 0) is 4.79 Å². The lowest BCUT2D eigenvalue weighted by atomic mass is 10.1. The summed E-state index contributed by atoms with van der Waals surface area (Å²) in [4.78, 5) is 16.5. The monoisotopic (exact) mass is 278 g/mol. The number of ketones is 1. The largest absolute Gasteiger partial charge is 0.369 e. The Morgan fingerprint density at radius 2 is 1.95 bits per heavy atom. The molecule has 0 bridgehead atoms. The van der Waals surface area contributed by atoms with E-state index in [4.69, 9.17) is 11.6 Å². The van der Waals surface area contributed by atoms with Gasteiger partial charge in [0.1, 0.15) is 5.78 Å². The van der Waals surface area contributed by atoms with Gasteiger partial charge in [-0.05, 0) is 31.0 Å². The van der Waals surface area contributed by atoms with Crippen LogP contribution in [0.5, 0.6) is 0 Å². The molecule has 1 aliphatic heterocycles. The smallest absolute Gasteiger partial charge is 0.149 e. The first-order chi connectivity index (χ1) is 9.24. The van der Waals surface area contributed by atoms with Crippen molar-refractivity contribution < 1.29 is 4.79 Å². The van der Waals surface area contributed by atoms with Gasteiger partial charge in [0.15, 0.2) is 0 Å². The van der Waals surface area contributed by atoms with Crippen LogP contribution in [0.4, 0.5) is 5.69 Å². The first kappa shape index (κ1) is 12.9. The van der Waals surface area contributed by atoms with Crippen molar-refractivity contribution >= 4 is 23.1 Å². The highest BCUT2D eigenvalue weighted by molar-refractivity contribution is 6.30. The summed E-state index contributed by atoms with van der Waals surface area (Å²) in [7, 11) is 0. The normalized spacial score (nSPS) is 25.0. The molecule has 0 radical (unpaired) electrons. The fourth-order valence-corrected chi connectivity index (χ4v) is 3.33. The molecule has 4 heteroatoms. The van der Waals surface area contributed by atoms with E-state index in [0.717, 1.165) is 50.5 Å². The second-order valence-electron chi connectivity index (χ2n) is 5.38. The van der Waals surface area contributed by atoms with Crippen molar-refractivity contribution in [2.24, 2.45) is 0 Å². The molecule has 19 heavy (non-hydrogen) atoms. The first-order valence-electron chi connectivity index (χ1n) is 7.01. The maximum Gasteiger partial charge on any atom is 0.149 e. The van der Waals surface area contributed by atoms with Crippen LogP contribution in [0.3, 0.4) is 0 Å². The zero-order valence-electron chi connectivity index (χ0n) is 11.0. The molecule has 1 saturated heterocycles. The average molecular weight is 279 g/mol. The Hall–Kier alpha value is -1.06. The lowest BCUT2D eigenvalue weighted by Gasteiger charge is -2.38. The number of rotatable bonds is 2. The highest BCUT2D eigenvalue weighted by Crippen LogP contribution is 2.24. The van der Waals surface area contributed by atoms with Gasteiger partial charge in [0.05, 0.1) is 6.04 Å². The Morgan fingerprint density at radius 1 is 1.16 bits per heavy atom. The molecule has 3 rings (SSSR count). The molecule has 3 nitrogen and oxygen atoms in total. The summed E-state index contributed by atoms with van der Waals surface area (Å²) >= 11 is 6.03. The number of hydrogen-bond donors (Lipinski definition) is 0. The van der Waals surface area contributed by atoms with Crippen LogP contribution in [0.2, 0.25) is 5.02 Å². The minimum atomic E-state index is 0.196. The zero-order chi connectivity index (χ0) is 13.2. The number of carbonyl (C=O) groups is 1. The third-order valence-corrected chi connectivity index (χ3v) is 4.44. The summed E-state index contributed by atoms with van der Waals surface area (Å²) in [5.74, 6) is 0.441. The molecule has 102 valence electrons. The molecule has 1 aliphatic carbocycles. The number of hydrogen-bond acceptors (Lipinski definition) is 3. The molecule has 1 aromatic rings. The van der Waals surface area contributed by atoms with E-state index in [0.29, 0.717) is 5.78 Å². The predicted molar refractivity (Wildman–Crippen MR) is 77.9 cm³/mol. The van der Waals surface area contributed by atoms with E-state index in [-0.39, 0.29) is 6.04 Å². The summed E-state index contributed by atoms with van der Waals surface area (Å²) in [6.07, 6.45) is 2.90. The molecule has 1 saturated carbocycles. The predicted octanol–water partition coefficient (Wildman–Crippen LogP) is 2.58. The molecule has 0 aromatic heterocycles. The van der Waals surface area contributed by atoms with Gasteiger partial charge in [0.25, 0.3) is 0 Å². The van der Waals surface area contributed by atoms with Crippen molar-refractivity contribution in [2.75, 3.05) is 31.1 Å². The summed E-state index contributed by atoms with van der Waals surface area (Å²) in [6.45, 7) is 3.90. The number of carbonyl (C=O) groups excluding carboxylic acids is 1. The third kappa shape index (κ3) is 2.77. The molecule has 1 aromatic carbocycles. The van der Waals surface area contributed by atoms with E-state index in [1.54, 1.807) is 0 Å². The standard InChI is InChI=1S/C15H19ClN2O/c16-12-3-1-4-13(11-12)17-7-9-18(10-8-17)14-5-2-6-15(14)19/h1,3-4,11,14H,2,5-10H2. The van der Waals surface area contributed by atoms with Crippen LogP contribution in [0, 0.1) is 0 Å². The molecule has 0 N–H and O–H groups in total. The lowest BCUT2D eigenvalue weighted by Crippen LogP contribution is -2.51. The van der Waals surface area contributed by atoms with Gasteiger partial charge >= 0.3 is 0 Å². The number of benzene rings is 1. The maximum atomic E-state index is 11.8. The maximum absolute atomic E-state index is 11.8. The Kier molecular flexibility index (Phi) is 3.76. The van der Waals surface area contributed by atoms with Crippen LogP contribution < -0.4 is 4.90 Å². The van der Waals surface area contributed by atoms with E-state index < -0.39 is 0 Å². The molecule has 1 heterocycles. The van der Waals surface area contributed by atoms with Gasteiger partial charge in [-0.3, -0.25) is 9.69 Å². The summed E-state index contributed by atoms with van der Waals surface area (Å²) in [5, 5.41) is 0.783. The molecule has 2 aliphatic rings. The second kappa shape index (κ2) is 5.51. The Bertz CT molecular complexity index is 469. The van der Waals surface area contributed by atoms with Gasteiger partial charge in [-0.1, -0.05) is 17.7 Å². The van der Waals surface area contributed by atoms with Crippen molar-refractivity contribution in [3.05, 3.63) is 29.3 Å². The van der Waals surface area contributed by atoms with E-state index in [2.05, 4.69) is 15.9 Å². The fraction of sp³-hybridized carbons (Fsp3) is 0.533. The fourth-order valence-electron chi connectivity index (χ4n) is 3.15. The van der Waals surface area contributed by atoms with E-state index >= 15 is 0 Å². The highest BCUT2D eigenvalue weighted by Gasteiger charge is 2.32. The van der Waals surface area contributed by atoms with Crippen LogP contribution in [0.25, 0.3) is 0 Å². The molecule has 1 atom stereocenters. The Morgan fingerprint density at radius 3 is 2.58 bits per heavy atom. The topological polar surface area (TPSA) is 23.6 Å². The lowest BCUT2D eigenvalue weighted by molar-refractivity contribution is -0.122. The summed E-state index contributed by atoms with van der Waals surface area (Å²) in [6, 6.07) is 8.20. The van der Waals surface area contributed by atoms with Crippen LogP contribution in [0.15, 0.2) is 24.3 Å². The van der Waals surface area contributed by atoms with Gasteiger partial charge in [-0.25, -0.2) is 0 Å². The van der Waals surface area contributed by atoms with Crippen LogP contribution in [-0.4, -0.2) is 42.9 Å². The number of anilines is 1. The zero-order valence-corrected chi connectivity index (χ0v) is 11.8. The Labute approximate surface area is 119 Å². The number of nitrogens with zero attached hydrogens (tertiary/aromatic N) is 2. The van der Waals surface area contributed by atoms with Crippen molar-refractivity contribution in [2.45, 2.75) is 25.3 Å². The van der Waals surface area contributed by atoms with Gasteiger partial charge in [0.2, 0.25) is 0 Å². The van der Waals surface area contributed by atoms with Crippen molar-refractivity contribution in [3.63, 3.8) is 0 Å². The molecule has 1 unspecified atom stereocenters. The van der Waals surface area contributed by atoms with Gasteiger partial charge in [-0.2, -0.15) is 0 Å². The van der Waals surface area contributed by atoms with E-state index in [1.807, 2.05) is 18.2 Å². The second-order valence-corrected chi connectivity index (χ2v) is 5.81. The van der Waals surface area contributed by atoms with Crippen molar-refractivity contribution in [1.29, 1.82) is 0 Å². The van der Waals surface area contributed by atoms with Gasteiger partial charge in [0, 0.05) is 43.3 Å². The quantitative estimate of drug-likeness (QED) is 0.831. The number of piperazine rings is 1. The Balaban J connectivity index is 1.61. The average Bonchev–Trinajstić information content (AvgIpc) is 2.85. The van der Waals surface area contributed by atoms with Gasteiger partial charge < -0.3 is 4.90 Å². The molecule has 0 amide bonds. The summed E-state index contributed by atoms with van der Waals surface area (Å²) < 4.78 is 0. The van der Waals surface area contributed by atoms with Crippen LogP contribution >= 0.6 is 11.6 Å². The highest BCUT2D eigenvalue weighted by atomic mass is 35.5. The number of halogens is 1.